The number of aliphatic carboxylic acids is 1. The summed E-state index contributed by atoms with van der Waals surface area (Å²) in [6.45, 7) is 3.63. The van der Waals surface area contributed by atoms with Crippen molar-refractivity contribution >= 4 is 23.5 Å². The molecule has 2 aromatic rings. The predicted molar refractivity (Wildman–Crippen MR) is 104 cm³/mol. The number of carboxylic acid groups (broad SMARTS) is 1. The van der Waals surface area contributed by atoms with Gasteiger partial charge in [-0.2, -0.15) is 0 Å². The number of nitrogens with zero attached hydrogens (tertiary/aromatic N) is 1. The van der Waals surface area contributed by atoms with Crippen LogP contribution in [0.5, 0.6) is 0 Å². The molecule has 152 valence electrons. The summed E-state index contributed by atoms with van der Waals surface area (Å²) < 4.78 is 0. The lowest BCUT2D eigenvalue weighted by atomic mass is 9.97. The van der Waals surface area contributed by atoms with Crippen LogP contribution in [0.3, 0.4) is 0 Å². The van der Waals surface area contributed by atoms with Gasteiger partial charge in [-0.1, -0.05) is 18.2 Å². The van der Waals surface area contributed by atoms with E-state index in [1.54, 1.807) is 19.1 Å². The first-order chi connectivity index (χ1) is 13.7. The van der Waals surface area contributed by atoms with Crippen LogP contribution in [-0.2, 0) is 9.59 Å². The van der Waals surface area contributed by atoms with E-state index in [1.807, 2.05) is 13.0 Å². The number of aryl methyl sites for hydroxylation is 1. The second-order valence-corrected chi connectivity index (χ2v) is 6.44. The number of benzene rings is 2. The third-order valence-corrected chi connectivity index (χ3v) is 4.49. The van der Waals surface area contributed by atoms with E-state index in [9.17, 15) is 29.6 Å². The fourth-order valence-electron chi connectivity index (χ4n) is 2.72. The van der Waals surface area contributed by atoms with Crippen molar-refractivity contribution in [3.63, 3.8) is 0 Å². The number of carbonyl (C=O) groups is 3. The van der Waals surface area contributed by atoms with Crippen LogP contribution in [0.4, 0.5) is 5.69 Å². The second-order valence-electron chi connectivity index (χ2n) is 6.44. The summed E-state index contributed by atoms with van der Waals surface area (Å²) in [5, 5.41) is 25.1. The van der Waals surface area contributed by atoms with Gasteiger partial charge < -0.3 is 15.7 Å². The fraction of sp³-hybridized carbons (Fsp3) is 0.250. The zero-order valence-corrected chi connectivity index (χ0v) is 16.0. The van der Waals surface area contributed by atoms with Crippen molar-refractivity contribution in [2.45, 2.75) is 26.3 Å². The van der Waals surface area contributed by atoms with Gasteiger partial charge in [-0.3, -0.25) is 19.7 Å². The Morgan fingerprint density at radius 2 is 1.76 bits per heavy atom. The number of nitro groups is 1. The molecule has 0 aliphatic carbocycles. The molecule has 0 aliphatic heterocycles. The second kappa shape index (κ2) is 9.45. The molecule has 2 rings (SSSR count). The highest BCUT2D eigenvalue weighted by Crippen LogP contribution is 2.21. The van der Waals surface area contributed by atoms with Gasteiger partial charge in [-0.25, -0.2) is 4.79 Å². The van der Waals surface area contributed by atoms with E-state index in [0.29, 0.717) is 5.56 Å². The Morgan fingerprint density at radius 1 is 1.10 bits per heavy atom. The van der Waals surface area contributed by atoms with E-state index >= 15 is 0 Å². The van der Waals surface area contributed by atoms with Crippen molar-refractivity contribution in [1.82, 2.24) is 10.6 Å². The lowest BCUT2D eigenvalue weighted by Gasteiger charge is -2.18. The van der Waals surface area contributed by atoms with Crippen LogP contribution in [0.25, 0.3) is 0 Å². The zero-order valence-electron chi connectivity index (χ0n) is 16.0. The molecular weight excluding hydrogens is 378 g/mol. The average Bonchev–Trinajstić information content (AvgIpc) is 2.68. The van der Waals surface area contributed by atoms with Crippen LogP contribution < -0.4 is 10.6 Å². The fourth-order valence-corrected chi connectivity index (χ4v) is 2.72. The molecule has 9 heteroatoms. The van der Waals surface area contributed by atoms with Crippen molar-refractivity contribution in [3.8, 4) is 0 Å². The van der Waals surface area contributed by atoms with Gasteiger partial charge in [0.25, 0.3) is 11.6 Å². The van der Waals surface area contributed by atoms with Crippen LogP contribution in [-0.4, -0.2) is 34.4 Å². The van der Waals surface area contributed by atoms with Crippen molar-refractivity contribution < 1.29 is 24.4 Å². The molecule has 1 unspecified atom stereocenters. The predicted octanol–water partition coefficient (Wildman–Crippen LogP) is 2.27. The largest absolute Gasteiger partial charge is 0.479 e. The minimum Gasteiger partial charge on any atom is -0.479 e. The monoisotopic (exact) mass is 399 g/mol. The molecule has 3 N–H and O–H groups in total. The van der Waals surface area contributed by atoms with Gasteiger partial charge in [-0.05, 0) is 42.7 Å². The number of nitro benzene ring substituents is 1. The van der Waals surface area contributed by atoms with Crippen LogP contribution in [0.15, 0.2) is 42.5 Å². The third kappa shape index (κ3) is 5.61. The summed E-state index contributed by atoms with van der Waals surface area (Å²) in [6.07, 6.45) is -0.118. The van der Waals surface area contributed by atoms with E-state index in [0.717, 1.165) is 11.1 Å². The minimum atomic E-state index is -1.19. The molecule has 0 spiro atoms. The molecule has 9 nitrogen and oxygen atoms in total. The summed E-state index contributed by atoms with van der Waals surface area (Å²) in [5.41, 5.74) is 2.28. The van der Waals surface area contributed by atoms with E-state index < -0.39 is 28.7 Å². The first kappa shape index (κ1) is 21.5. The van der Waals surface area contributed by atoms with Crippen LogP contribution >= 0.6 is 0 Å². The molecule has 0 saturated heterocycles. The number of amides is 2. The third-order valence-electron chi connectivity index (χ3n) is 4.49. The first-order valence-electron chi connectivity index (χ1n) is 8.81. The first-order valence-corrected chi connectivity index (χ1v) is 8.81. The summed E-state index contributed by atoms with van der Waals surface area (Å²) >= 11 is 0. The number of hydrogen-bond acceptors (Lipinski definition) is 5. The van der Waals surface area contributed by atoms with Gasteiger partial charge in [0.2, 0.25) is 5.91 Å². The molecule has 0 fully saturated rings. The Kier molecular flexibility index (Phi) is 7.02. The number of hydrogen-bond donors (Lipinski definition) is 3. The summed E-state index contributed by atoms with van der Waals surface area (Å²) in [7, 11) is 0. The molecular formula is C20H21N3O6. The van der Waals surface area contributed by atoms with Gasteiger partial charge in [0.05, 0.1) is 4.92 Å². The van der Waals surface area contributed by atoms with E-state index in [-0.39, 0.29) is 24.2 Å². The van der Waals surface area contributed by atoms with Crippen LogP contribution in [0.2, 0.25) is 0 Å². The molecule has 0 saturated carbocycles. The average molecular weight is 399 g/mol. The van der Waals surface area contributed by atoms with Gasteiger partial charge in [0.1, 0.15) is 0 Å². The van der Waals surface area contributed by atoms with Crippen LogP contribution in [0.1, 0.15) is 39.5 Å². The van der Waals surface area contributed by atoms with Crippen molar-refractivity contribution in [2.24, 2.45) is 0 Å². The molecule has 0 heterocycles. The van der Waals surface area contributed by atoms with E-state index in [1.165, 1.54) is 24.3 Å². The SMILES string of the molecule is Cc1cccc(C(NC(=O)CCNC(=O)c2ccc([N+](=O)[O-])cc2)C(=O)O)c1C. The van der Waals surface area contributed by atoms with Gasteiger partial charge >= 0.3 is 5.97 Å². The summed E-state index contributed by atoms with van der Waals surface area (Å²) in [5.74, 6) is -2.19. The standard InChI is InChI=1S/C20H21N3O6/c1-12-4-3-5-16(13(12)2)18(20(26)27)22-17(24)10-11-21-19(25)14-6-8-15(9-7-14)23(28)29/h3-9,18H,10-11H2,1-2H3,(H,21,25)(H,22,24)(H,26,27). The number of non-ortho nitro benzene ring substituents is 1. The number of carboxylic acids is 1. The highest BCUT2D eigenvalue weighted by Gasteiger charge is 2.24. The molecule has 1 atom stereocenters. The maximum Gasteiger partial charge on any atom is 0.330 e. The topological polar surface area (TPSA) is 139 Å². The van der Waals surface area contributed by atoms with Gasteiger partial charge in [0.15, 0.2) is 6.04 Å². The zero-order chi connectivity index (χ0) is 21.6. The number of carbonyl (C=O) groups excluding carboxylic acids is 2. The Hall–Kier alpha value is -3.75. The summed E-state index contributed by atoms with van der Waals surface area (Å²) in [6, 6.07) is 9.10. The number of nitrogens with one attached hydrogen (secondary N) is 2. The lowest BCUT2D eigenvalue weighted by molar-refractivity contribution is -0.384. The van der Waals surface area contributed by atoms with E-state index in [4.69, 9.17) is 0 Å². The van der Waals surface area contributed by atoms with E-state index in [2.05, 4.69) is 10.6 Å². The molecule has 0 bridgehead atoms. The lowest BCUT2D eigenvalue weighted by Crippen LogP contribution is -2.36. The highest BCUT2D eigenvalue weighted by molar-refractivity contribution is 5.94. The van der Waals surface area contributed by atoms with Gasteiger partial charge in [-0.15, -0.1) is 0 Å². The normalized spacial score (nSPS) is 11.4. The smallest absolute Gasteiger partial charge is 0.330 e. The molecule has 2 aromatic carbocycles. The van der Waals surface area contributed by atoms with Crippen LogP contribution in [0, 0.1) is 24.0 Å². The quantitative estimate of drug-likeness (QED) is 0.460. The molecule has 29 heavy (non-hydrogen) atoms. The van der Waals surface area contributed by atoms with Crippen molar-refractivity contribution in [1.29, 1.82) is 0 Å². The Bertz CT molecular complexity index is 940. The molecule has 0 aromatic heterocycles. The molecule has 2 amide bonds. The molecule has 0 aliphatic rings. The Labute approximate surface area is 166 Å². The molecule has 0 radical (unpaired) electrons. The highest BCUT2D eigenvalue weighted by atomic mass is 16.6. The van der Waals surface area contributed by atoms with Crippen molar-refractivity contribution in [3.05, 3.63) is 74.8 Å². The van der Waals surface area contributed by atoms with Gasteiger partial charge in [0, 0.05) is 30.7 Å². The maximum atomic E-state index is 12.2. The summed E-state index contributed by atoms with van der Waals surface area (Å²) in [4.78, 5) is 45.9. The maximum absolute atomic E-state index is 12.2. The minimum absolute atomic E-state index is 0.0131. The Balaban J connectivity index is 1.92. The Morgan fingerprint density at radius 3 is 2.34 bits per heavy atom. The number of rotatable bonds is 8. The van der Waals surface area contributed by atoms with Crippen molar-refractivity contribution in [2.75, 3.05) is 6.54 Å².